The molecule has 1 saturated carbocycles. The number of guanidine groups is 1. The second-order valence-electron chi connectivity index (χ2n) is 8.85. The molecule has 3 N–H and O–H groups in total. The van der Waals surface area contributed by atoms with E-state index in [-0.39, 0.29) is 29.9 Å². The van der Waals surface area contributed by atoms with E-state index in [9.17, 15) is 4.79 Å². The van der Waals surface area contributed by atoms with Crippen LogP contribution in [-0.2, 0) is 11.2 Å². The summed E-state index contributed by atoms with van der Waals surface area (Å²) in [6, 6.07) is 8.89. The number of benzene rings is 1. The maximum atomic E-state index is 11.7. The molecule has 1 amide bonds. The summed E-state index contributed by atoms with van der Waals surface area (Å²) in [4.78, 5) is 21.2. The van der Waals surface area contributed by atoms with E-state index in [4.69, 9.17) is 10.7 Å². The first-order chi connectivity index (χ1) is 13.4. The molecule has 3 atom stereocenters. The van der Waals surface area contributed by atoms with E-state index in [1.165, 1.54) is 12.0 Å². The van der Waals surface area contributed by atoms with E-state index >= 15 is 0 Å². The summed E-state index contributed by atoms with van der Waals surface area (Å²) in [6.45, 7) is 11.1. The molecule has 4 rings (SSSR count). The average molecular weight is 511 g/mol. The Labute approximate surface area is 191 Å². The molecule has 1 aliphatic heterocycles. The lowest BCUT2D eigenvalue weighted by Crippen LogP contribution is -2.61. The molecular formula is C22H34IN5O. The number of nitrogens with one attached hydrogen (secondary N) is 1. The summed E-state index contributed by atoms with van der Waals surface area (Å²) < 4.78 is 0. The van der Waals surface area contributed by atoms with E-state index in [1.54, 1.807) is 5.56 Å². The molecule has 1 aromatic rings. The van der Waals surface area contributed by atoms with Crippen LogP contribution in [0.3, 0.4) is 0 Å². The Hall–Kier alpha value is -1.35. The van der Waals surface area contributed by atoms with Gasteiger partial charge in [0.15, 0.2) is 5.96 Å². The summed E-state index contributed by atoms with van der Waals surface area (Å²) in [5.41, 5.74) is 8.08. The topological polar surface area (TPSA) is 74.0 Å². The van der Waals surface area contributed by atoms with Crippen LogP contribution < -0.4 is 11.1 Å². The van der Waals surface area contributed by atoms with Crippen molar-refractivity contribution in [2.75, 3.05) is 39.3 Å². The zero-order valence-electron chi connectivity index (χ0n) is 17.7. The number of fused-ring (bicyclic) bond motifs is 3. The lowest BCUT2D eigenvalue weighted by atomic mass is 10.0. The third-order valence-corrected chi connectivity index (χ3v) is 6.96. The predicted octanol–water partition coefficient (Wildman–Crippen LogP) is 2.04. The number of halogens is 1. The number of nitrogens with two attached hydrogens (primary N) is 1. The fraction of sp³-hybridized carbons (Fsp3) is 0.636. The maximum Gasteiger partial charge on any atom is 0.237 e. The summed E-state index contributed by atoms with van der Waals surface area (Å²) in [7, 11) is 0. The molecule has 3 aliphatic rings. The summed E-state index contributed by atoms with van der Waals surface area (Å²) in [6.07, 6.45) is 1.22. The highest BCUT2D eigenvalue weighted by Crippen LogP contribution is 2.61. The van der Waals surface area contributed by atoms with Crippen molar-refractivity contribution in [2.45, 2.75) is 38.6 Å². The van der Waals surface area contributed by atoms with Crippen molar-refractivity contribution in [3.63, 3.8) is 0 Å². The van der Waals surface area contributed by atoms with Gasteiger partial charge in [-0.2, -0.15) is 0 Å². The van der Waals surface area contributed by atoms with Crippen LogP contribution in [0.2, 0.25) is 0 Å². The van der Waals surface area contributed by atoms with Crippen LogP contribution in [0.4, 0.5) is 0 Å². The monoisotopic (exact) mass is 511 g/mol. The molecule has 0 radical (unpaired) electrons. The number of rotatable bonds is 5. The van der Waals surface area contributed by atoms with E-state index < -0.39 is 5.54 Å². The van der Waals surface area contributed by atoms with Gasteiger partial charge in [0, 0.05) is 39.3 Å². The average Bonchev–Trinajstić information content (AvgIpc) is 3.22. The number of primary amides is 1. The molecule has 0 spiro atoms. The minimum absolute atomic E-state index is 0. The molecule has 6 nitrogen and oxygen atoms in total. The highest BCUT2D eigenvalue weighted by Gasteiger charge is 2.55. The SMILES string of the molecule is CCNC(=NCC1C2Cc3ccccc3C12)N1CCN(C(C)(C)C(N)=O)CC1.I. The number of piperazine rings is 1. The first-order valence-corrected chi connectivity index (χ1v) is 10.6. The number of carbonyl (C=O) groups is 1. The Balaban J connectivity index is 0.00000240. The van der Waals surface area contributed by atoms with Gasteiger partial charge in [0.1, 0.15) is 0 Å². The fourth-order valence-corrected chi connectivity index (χ4v) is 4.98. The predicted molar refractivity (Wildman–Crippen MR) is 128 cm³/mol. The normalized spacial score (nSPS) is 26.4. The van der Waals surface area contributed by atoms with Crippen molar-refractivity contribution in [1.82, 2.24) is 15.1 Å². The van der Waals surface area contributed by atoms with Gasteiger partial charge in [-0.1, -0.05) is 24.3 Å². The Morgan fingerprint density at radius 1 is 1.24 bits per heavy atom. The smallest absolute Gasteiger partial charge is 0.237 e. The minimum atomic E-state index is -0.597. The van der Waals surface area contributed by atoms with Crippen molar-refractivity contribution >= 4 is 35.8 Å². The molecule has 1 aromatic carbocycles. The van der Waals surface area contributed by atoms with E-state index in [0.717, 1.165) is 57.1 Å². The number of nitrogens with zero attached hydrogens (tertiary/aromatic N) is 3. The highest BCUT2D eigenvalue weighted by molar-refractivity contribution is 14.0. The molecule has 160 valence electrons. The van der Waals surface area contributed by atoms with Crippen molar-refractivity contribution in [3.8, 4) is 0 Å². The van der Waals surface area contributed by atoms with Gasteiger partial charge in [-0.3, -0.25) is 14.7 Å². The Kier molecular flexibility index (Phi) is 6.77. The molecule has 2 aliphatic carbocycles. The number of hydrogen-bond acceptors (Lipinski definition) is 3. The third-order valence-electron chi connectivity index (χ3n) is 6.96. The zero-order valence-corrected chi connectivity index (χ0v) is 20.1. The number of hydrogen-bond donors (Lipinski definition) is 2. The van der Waals surface area contributed by atoms with Crippen molar-refractivity contribution < 1.29 is 4.79 Å². The third kappa shape index (κ3) is 4.26. The molecule has 7 heteroatoms. The van der Waals surface area contributed by atoms with Gasteiger partial charge in [-0.15, -0.1) is 24.0 Å². The zero-order chi connectivity index (χ0) is 19.9. The van der Waals surface area contributed by atoms with Crippen LogP contribution in [0.1, 0.15) is 37.8 Å². The number of aliphatic imine (C=N–C) groups is 1. The molecule has 29 heavy (non-hydrogen) atoms. The Morgan fingerprint density at radius 2 is 1.93 bits per heavy atom. The first-order valence-electron chi connectivity index (χ1n) is 10.6. The molecule has 1 heterocycles. The number of carbonyl (C=O) groups excluding carboxylic acids is 1. The second-order valence-corrected chi connectivity index (χ2v) is 8.85. The van der Waals surface area contributed by atoms with Crippen LogP contribution in [0, 0.1) is 11.8 Å². The first kappa shape index (κ1) is 22.3. The van der Waals surface area contributed by atoms with Gasteiger partial charge in [-0.05, 0) is 56.1 Å². The Bertz CT molecular complexity index is 772. The lowest BCUT2D eigenvalue weighted by molar-refractivity contribution is -0.129. The van der Waals surface area contributed by atoms with Gasteiger partial charge < -0.3 is 16.0 Å². The molecule has 2 fully saturated rings. The summed E-state index contributed by atoms with van der Waals surface area (Å²) in [5.74, 6) is 2.95. The van der Waals surface area contributed by atoms with E-state index in [2.05, 4.69) is 46.3 Å². The summed E-state index contributed by atoms with van der Waals surface area (Å²) in [5, 5.41) is 3.46. The molecular weight excluding hydrogens is 477 g/mol. The quantitative estimate of drug-likeness (QED) is 0.361. The van der Waals surface area contributed by atoms with Crippen molar-refractivity contribution in [2.24, 2.45) is 22.6 Å². The van der Waals surface area contributed by atoms with Gasteiger partial charge in [0.25, 0.3) is 0 Å². The minimum Gasteiger partial charge on any atom is -0.368 e. The van der Waals surface area contributed by atoms with Gasteiger partial charge in [0.05, 0.1) is 5.54 Å². The molecule has 0 aromatic heterocycles. The van der Waals surface area contributed by atoms with E-state index in [0.29, 0.717) is 5.92 Å². The van der Waals surface area contributed by atoms with Crippen LogP contribution in [0.15, 0.2) is 29.3 Å². The highest BCUT2D eigenvalue weighted by atomic mass is 127. The van der Waals surface area contributed by atoms with E-state index in [1.807, 2.05) is 13.8 Å². The lowest BCUT2D eigenvalue weighted by Gasteiger charge is -2.43. The van der Waals surface area contributed by atoms with Crippen LogP contribution in [-0.4, -0.2) is 66.5 Å². The van der Waals surface area contributed by atoms with Crippen LogP contribution in [0.25, 0.3) is 0 Å². The van der Waals surface area contributed by atoms with Gasteiger partial charge in [-0.25, -0.2) is 0 Å². The van der Waals surface area contributed by atoms with Crippen molar-refractivity contribution in [1.29, 1.82) is 0 Å². The second kappa shape index (κ2) is 8.79. The molecule has 0 bridgehead atoms. The maximum absolute atomic E-state index is 11.7. The Morgan fingerprint density at radius 3 is 2.59 bits per heavy atom. The van der Waals surface area contributed by atoms with Gasteiger partial charge >= 0.3 is 0 Å². The summed E-state index contributed by atoms with van der Waals surface area (Å²) >= 11 is 0. The van der Waals surface area contributed by atoms with Crippen LogP contribution >= 0.6 is 24.0 Å². The standard InChI is InChI=1S/C22H33N5O.HI/c1-4-24-21(26-9-11-27(12-10-26)22(2,3)20(23)28)25-14-18-17-13-15-7-5-6-8-16(15)19(17)18;/h5-8,17-19H,4,9-14H2,1-3H3,(H2,23,28)(H,24,25);1H. The molecule has 1 saturated heterocycles. The molecule has 3 unspecified atom stereocenters. The largest absolute Gasteiger partial charge is 0.368 e. The fourth-order valence-electron chi connectivity index (χ4n) is 4.98. The number of amides is 1. The van der Waals surface area contributed by atoms with Crippen molar-refractivity contribution in [3.05, 3.63) is 35.4 Å². The van der Waals surface area contributed by atoms with Gasteiger partial charge in [0.2, 0.25) is 5.91 Å². The van der Waals surface area contributed by atoms with Crippen LogP contribution in [0.5, 0.6) is 0 Å².